The van der Waals surface area contributed by atoms with E-state index < -0.39 is 0 Å². The summed E-state index contributed by atoms with van der Waals surface area (Å²) in [7, 11) is 1.97. The van der Waals surface area contributed by atoms with Crippen molar-refractivity contribution in [1.29, 1.82) is 0 Å². The number of amides is 1. The lowest BCUT2D eigenvalue weighted by molar-refractivity contribution is -0.123. The summed E-state index contributed by atoms with van der Waals surface area (Å²) in [4.78, 5) is 18.1. The van der Waals surface area contributed by atoms with E-state index in [1.54, 1.807) is 11.0 Å². The van der Waals surface area contributed by atoms with Crippen LogP contribution in [0.15, 0.2) is 36.9 Å². The van der Waals surface area contributed by atoms with Crippen molar-refractivity contribution in [2.75, 3.05) is 13.6 Å². The number of nitrogens with zero attached hydrogens (tertiary/aromatic N) is 4. The average Bonchev–Trinajstić information content (AvgIpc) is 3.08. The lowest BCUT2D eigenvalue weighted by Gasteiger charge is -2.25. The number of aromatic nitrogens is 3. The zero-order valence-corrected chi connectivity index (χ0v) is 14.9. The van der Waals surface area contributed by atoms with Crippen LogP contribution in [0, 0.1) is 0 Å². The van der Waals surface area contributed by atoms with Gasteiger partial charge in [0.05, 0.1) is 12.2 Å². The third-order valence-corrected chi connectivity index (χ3v) is 4.24. The molecule has 1 heterocycles. The molecule has 0 aliphatic rings. The van der Waals surface area contributed by atoms with Crippen LogP contribution < -0.4 is 5.32 Å². The molecule has 0 aliphatic carbocycles. The van der Waals surface area contributed by atoms with Crippen molar-refractivity contribution in [3.63, 3.8) is 0 Å². The molecule has 2 rings (SSSR count). The molecule has 6 heteroatoms. The summed E-state index contributed by atoms with van der Waals surface area (Å²) in [5.74, 6) is 0.0736. The summed E-state index contributed by atoms with van der Waals surface area (Å²) in [6, 6.07) is 8.54. The van der Waals surface area contributed by atoms with Crippen molar-refractivity contribution in [3.05, 3.63) is 42.5 Å². The summed E-state index contributed by atoms with van der Waals surface area (Å²) in [6.07, 6.45) is 5.27. The van der Waals surface area contributed by atoms with Crippen molar-refractivity contribution in [2.45, 2.75) is 45.7 Å². The minimum atomic E-state index is 0.0736. The first-order valence-corrected chi connectivity index (χ1v) is 8.45. The minimum Gasteiger partial charge on any atom is -0.353 e. The van der Waals surface area contributed by atoms with Crippen molar-refractivity contribution in [3.8, 4) is 5.69 Å². The van der Waals surface area contributed by atoms with E-state index in [1.165, 1.54) is 6.33 Å². The number of benzene rings is 1. The molecule has 0 bridgehead atoms. The van der Waals surface area contributed by atoms with Crippen LogP contribution in [0.25, 0.3) is 5.69 Å². The van der Waals surface area contributed by atoms with Crippen LogP contribution in [0.1, 0.15) is 45.2 Å². The highest BCUT2D eigenvalue weighted by Crippen LogP contribution is 2.19. The van der Waals surface area contributed by atoms with E-state index in [9.17, 15) is 4.79 Å². The molecular weight excluding hydrogens is 302 g/mol. The number of nitrogens with one attached hydrogen (secondary N) is 1. The summed E-state index contributed by atoms with van der Waals surface area (Å²) >= 11 is 0. The number of hydrogen-bond donors (Lipinski definition) is 1. The lowest BCUT2D eigenvalue weighted by atomic mass is 10.1. The fourth-order valence-electron chi connectivity index (χ4n) is 2.69. The summed E-state index contributed by atoms with van der Waals surface area (Å²) in [5.41, 5.74) is 2.13. The molecule has 0 aliphatic heterocycles. The van der Waals surface area contributed by atoms with Crippen LogP contribution in [0.3, 0.4) is 0 Å². The molecule has 1 N–H and O–H groups in total. The molecular formula is C18H27N5O. The zero-order chi connectivity index (χ0) is 17.5. The first-order valence-electron chi connectivity index (χ1n) is 8.45. The first kappa shape index (κ1) is 18.1. The summed E-state index contributed by atoms with van der Waals surface area (Å²) in [5, 5.41) is 7.17. The Kier molecular flexibility index (Phi) is 6.49. The third kappa shape index (κ3) is 4.89. The molecule has 24 heavy (non-hydrogen) atoms. The number of rotatable bonds is 8. The predicted octanol–water partition coefficient (Wildman–Crippen LogP) is 2.56. The molecule has 0 spiro atoms. The van der Waals surface area contributed by atoms with Gasteiger partial charge in [-0.3, -0.25) is 9.69 Å². The maximum atomic E-state index is 12.1. The van der Waals surface area contributed by atoms with E-state index in [-0.39, 0.29) is 18.0 Å². The monoisotopic (exact) mass is 329 g/mol. The van der Waals surface area contributed by atoms with Crippen molar-refractivity contribution < 1.29 is 4.79 Å². The highest BCUT2D eigenvalue weighted by molar-refractivity contribution is 5.78. The molecule has 0 fully saturated rings. The molecule has 0 saturated heterocycles. The van der Waals surface area contributed by atoms with Gasteiger partial charge < -0.3 is 5.32 Å². The third-order valence-electron chi connectivity index (χ3n) is 4.24. The fraction of sp³-hybridized carbons (Fsp3) is 0.500. The SMILES string of the molecule is CCCC(C)NC(=O)CN(C)C(C)c1ccc(-n2cncn2)cc1. The number of carbonyl (C=O) groups is 1. The Morgan fingerprint density at radius 1 is 1.29 bits per heavy atom. The van der Waals surface area contributed by atoms with Crippen LogP contribution in [0.2, 0.25) is 0 Å². The Hall–Kier alpha value is -2.21. The molecule has 0 saturated carbocycles. The Labute approximate surface area is 143 Å². The van der Waals surface area contributed by atoms with Crippen LogP contribution in [0.4, 0.5) is 0 Å². The summed E-state index contributed by atoms with van der Waals surface area (Å²) < 4.78 is 1.72. The van der Waals surface area contributed by atoms with Gasteiger partial charge in [-0.1, -0.05) is 25.5 Å². The van der Waals surface area contributed by atoms with Gasteiger partial charge in [0.1, 0.15) is 12.7 Å². The van der Waals surface area contributed by atoms with Crippen LogP contribution in [-0.2, 0) is 4.79 Å². The topological polar surface area (TPSA) is 63.1 Å². The van der Waals surface area contributed by atoms with Gasteiger partial charge in [0, 0.05) is 12.1 Å². The Balaban J connectivity index is 1.92. The van der Waals surface area contributed by atoms with Crippen molar-refractivity contribution in [2.24, 2.45) is 0 Å². The number of hydrogen-bond acceptors (Lipinski definition) is 4. The van der Waals surface area contributed by atoms with Crippen molar-refractivity contribution in [1.82, 2.24) is 25.0 Å². The van der Waals surface area contributed by atoms with Gasteiger partial charge in [0.25, 0.3) is 0 Å². The molecule has 2 unspecified atom stereocenters. The molecule has 6 nitrogen and oxygen atoms in total. The second kappa shape index (κ2) is 8.59. The molecule has 1 aromatic carbocycles. The highest BCUT2D eigenvalue weighted by atomic mass is 16.2. The van der Waals surface area contributed by atoms with E-state index in [4.69, 9.17) is 0 Å². The van der Waals surface area contributed by atoms with Gasteiger partial charge in [-0.25, -0.2) is 9.67 Å². The van der Waals surface area contributed by atoms with Crippen molar-refractivity contribution >= 4 is 5.91 Å². The lowest BCUT2D eigenvalue weighted by Crippen LogP contribution is -2.40. The van der Waals surface area contributed by atoms with E-state index in [0.29, 0.717) is 6.54 Å². The smallest absolute Gasteiger partial charge is 0.234 e. The summed E-state index contributed by atoms with van der Waals surface area (Å²) in [6.45, 7) is 6.67. The van der Waals surface area contributed by atoms with Gasteiger partial charge in [-0.15, -0.1) is 0 Å². The first-order chi connectivity index (χ1) is 11.5. The second-order valence-electron chi connectivity index (χ2n) is 6.28. The van der Waals surface area contributed by atoms with Gasteiger partial charge >= 0.3 is 0 Å². The normalized spacial score (nSPS) is 13.7. The molecule has 1 amide bonds. The Morgan fingerprint density at radius 2 is 2.00 bits per heavy atom. The number of carbonyl (C=O) groups excluding carboxylic acids is 1. The Morgan fingerprint density at radius 3 is 2.58 bits per heavy atom. The van der Waals surface area contributed by atoms with Crippen LogP contribution in [0.5, 0.6) is 0 Å². The zero-order valence-electron chi connectivity index (χ0n) is 14.9. The fourth-order valence-corrected chi connectivity index (χ4v) is 2.69. The molecule has 130 valence electrons. The van der Waals surface area contributed by atoms with E-state index in [2.05, 4.69) is 46.3 Å². The largest absolute Gasteiger partial charge is 0.353 e. The molecule has 0 radical (unpaired) electrons. The highest BCUT2D eigenvalue weighted by Gasteiger charge is 2.16. The maximum Gasteiger partial charge on any atom is 0.234 e. The predicted molar refractivity (Wildman–Crippen MR) is 94.9 cm³/mol. The van der Waals surface area contributed by atoms with Gasteiger partial charge in [-0.05, 0) is 45.0 Å². The van der Waals surface area contributed by atoms with Gasteiger partial charge in [-0.2, -0.15) is 5.10 Å². The van der Waals surface area contributed by atoms with Crippen LogP contribution in [-0.4, -0.2) is 45.2 Å². The average molecular weight is 329 g/mol. The number of likely N-dealkylation sites (N-methyl/N-ethyl adjacent to an activating group) is 1. The maximum absolute atomic E-state index is 12.1. The molecule has 2 aromatic rings. The quantitative estimate of drug-likeness (QED) is 0.808. The second-order valence-corrected chi connectivity index (χ2v) is 6.28. The standard InChI is InChI=1S/C18H27N5O/c1-5-6-14(2)21-18(24)11-22(4)15(3)16-7-9-17(10-8-16)23-13-19-12-20-23/h7-10,12-15H,5-6,11H2,1-4H3,(H,21,24). The van der Waals surface area contributed by atoms with Crippen LogP contribution >= 0.6 is 0 Å². The molecule has 1 aromatic heterocycles. The molecule has 2 atom stereocenters. The Bertz CT molecular complexity index is 623. The van der Waals surface area contributed by atoms with E-state index in [0.717, 1.165) is 24.1 Å². The van der Waals surface area contributed by atoms with Gasteiger partial charge in [0.15, 0.2) is 0 Å². The van der Waals surface area contributed by atoms with E-state index in [1.807, 2.05) is 26.1 Å². The van der Waals surface area contributed by atoms with E-state index >= 15 is 0 Å². The van der Waals surface area contributed by atoms with Gasteiger partial charge in [0.2, 0.25) is 5.91 Å². The minimum absolute atomic E-state index is 0.0736.